The summed E-state index contributed by atoms with van der Waals surface area (Å²) in [6, 6.07) is 13.7. The Morgan fingerprint density at radius 2 is 1.36 bits per heavy atom. The van der Waals surface area contributed by atoms with Crippen LogP contribution in [0.15, 0.2) is 85.5 Å². The summed E-state index contributed by atoms with van der Waals surface area (Å²) in [5, 5.41) is 22.0. The van der Waals surface area contributed by atoms with Crippen LogP contribution in [-0.4, -0.2) is 78.5 Å². The minimum atomic E-state index is -1.05. The molecule has 4 aromatic carbocycles. The van der Waals surface area contributed by atoms with Gasteiger partial charge in [-0.2, -0.15) is 10.2 Å². The quantitative estimate of drug-likeness (QED) is 0.0459. The summed E-state index contributed by atoms with van der Waals surface area (Å²) in [5.74, 6) is -5.83. The van der Waals surface area contributed by atoms with Gasteiger partial charge in [-0.1, -0.05) is 12.1 Å². The number of benzene rings is 4. The summed E-state index contributed by atoms with van der Waals surface area (Å²) < 4.78 is 65.2. The van der Waals surface area contributed by atoms with Crippen LogP contribution in [0.25, 0.3) is 0 Å². The standard InChI is InChI=1S/C20H16F2N4O3.C13H11FN4O5.C7H5FO/c1-26-19(23-9-24-26)16-17(10-3-5-11(21)6-4-10)25-14-8-12(22)7-13(20(28)29-2)15(14)18(16)27;1-17-11(15-6-16-17)5-10(19)12-8(13(20)23-2)3-7(14)4-9(12)18(21)22;8-7-3-1-6(5-9)2-4-7/h3-9,16-17,25H,1-2H3;3-4,6H,5H2,1-2H3;1-5H. The van der Waals surface area contributed by atoms with Gasteiger partial charge in [-0.25, -0.2) is 37.1 Å². The highest BCUT2D eigenvalue weighted by atomic mass is 19.1. The molecule has 0 amide bonds. The van der Waals surface area contributed by atoms with Crippen LogP contribution in [0.3, 0.4) is 0 Å². The molecule has 0 spiro atoms. The van der Waals surface area contributed by atoms with Gasteiger partial charge in [0.25, 0.3) is 5.69 Å². The van der Waals surface area contributed by atoms with E-state index in [1.165, 1.54) is 77.6 Å². The fraction of sp³-hybridized carbons (Fsp3) is 0.175. The number of ketones is 2. The summed E-state index contributed by atoms with van der Waals surface area (Å²) in [6.45, 7) is 0. The molecule has 0 fully saturated rings. The Kier molecular flexibility index (Phi) is 13.9. The molecule has 3 heterocycles. The summed E-state index contributed by atoms with van der Waals surface area (Å²) >= 11 is 0. The van der Waals surface area contributed by atoms with Crippen LogP contribution in [0, 0.1) is 33.4 Å². The number of esters is 2. The third-order valence-electron chi connectivity index (χ3n) is 9.03. The van der Waals surface area contributed by atoms with E-state index in [1.54, 1.807) is 7.05 Å². The van der Waals surface area contributed by atoms with Gasteiger partial charge >= 0.3 is 11.9 Å². The van der Waals surface area contributed by atoms with Crippen LogP contribution in [0.4, 0.5) is 28.9 Å². The zero-order chi connectivity index (χ0) is 44.5. The third kappa shape index (κ3) is 10.0. The van der Waals surface area contributed by atoms with E-state index in [-0.39, 0.29) is 34.9 Å². The molecule has 6 aromatic rings. The first-order valence-corrected chi connectivity index (χ1v) is 17.5. The first kappa shape index (κ1) is 44.1. The van der Waals surface area contributed by atoms with Crippen molar-refractivity contribution >= 4 is 41.2 Å². The van der Waals surface area contributed by atoms with Crippen molar-refractivity contribution in [3.63, 3.8) is 0 Å². The van der Waals surface area contributed by atoms with Crippen molar-refractivity contribution in [2.24, 2.45) is 14.1 Å². The number of nitrogens with one attached hydrogen (secondary N) is 1. The second-order valence-corrected chi connectivity index (χ2v) is 12.8. The number of aryl methyl sites for hydroxylation is 2. The van der Waals surface area contributed by atoms with Crippen molar-refractivity contribution < 1.29 is 55.9 Å². The molecule has 7 rings (SSSR count). The topological polar surface area (TPSA) is 220 Å². The highest BCUT2D eigenvalue weighted by molar-refractivity contribution is 6.14. The number of carbonyl (C=O) groups is 5. The summed E-state index contributed by atoms with van der Waals surface area (Å²) in [4.78, 5) is 78.1. The third-order valence-corrected chi connectivity index (χ3v) is 9.03. The van der Waals surface area contributed by atoms with E-state index in [1.807, 2.05) is 0 Å². The van der Waals surface area contributed by atoms with Crippen LogP contribution in [0.2, 0.25) is 0 Å². The van der Waals surface area contributed by atoms with E-state index in [0.717, 1.165) is 32.4 Å². The summed E-state index contributed by atoms with van der Waals surface area (Å²) in [6.07, 6.45) is 2.86. The van der Waals surface area contributed by atoms with Crippen LogP contribution >= 0.6 is 0 Å². The Hall–Kier alpha value is -7.97. The van der Waals surface area contributed by atoms with Crippen molar-refractivity contribution in [3.8, 4) is 0 Å². The monoisotopic (exact) mass is 844 g/mol. The zero-order valence-corrected chi connectivity index (χ0v) is 32.3. The van der Waals surface area contributed by atoms with Gasteiger partial charge in [0.05, 0.1) is 54.4 Å². The van der Waals surface area contributed by atoms with Gasteiger partial charge in [0, 0.05) is 25.3 Å². The predicted molar refractivity (Wildman–Crippen MR) is 204 cm³/mol. The van der Waals surface area contributed by atoms with Gasteiger partial charge in [-0.05, 0) is 60.2 Å². The number of ether oxygens (including phenoxy) is 2. The molecule has 314 valence electrons. The molecule has 0 radical (unpaired) electrons. The van der Waals surface area contributed by atoms with Crippen LogP contribution in [0.1, 0.15) is 81.0 Å². The lowest BCUT2D eigenvalue weighted by molar-refractivity contribution is -0.385. The number of hydrogen-bond acceptors (Lipinski definition) is 14. The molecular formula is C40H32F4N8O9. The van der Waals surface area contributed by atoms with Crippen molar-refractivity contribution in [2.45, 2.75) is 18.4 Å². The number of nitro groups is 1. The van der Waals surface area contributed by atoms with Crippen molar-refractivity contribution in [1.82, 2.24) is 29.5 Å². The lowest BCUT2D eigenvalue weighted by Gasteiger charge is -2.34. The number of fused-ring (bicyclic) bond motifs is 1. The fourth-order valence-corrected chi connectivity index (χ4v) is 6.17. The molecular weight excluding hydrogens is 812 g/mol. The fourth-order valence-electron chi connectivity index (χ4n) is 6.17. The SMILES string of the molecule is COC(=O)c1cc(F)cc([N+](=O)[O-])c1C(=O)Cc1ncnn1C.COC(=O)c1cc(F)cc2c1C(=O)C(c1ncnn1C)C(c1ccc(F)cc1)N2.O=Cc1ccc(F)cc1. The second-order valence-electron chi connectivity index (χ2n) is 12.8. The molecule has 1 N–H and O–H groups in total. The molecule has 21 heteroatoms. The van der Waals surface area contributed by atoms with Crippen LogP contribution in [-0.2, 0) is 30.0 Å². The average molecular weight is 845 g/mol. The maximum atomic E-state index is 14.2. The number of Topliss-reactive ketones (excluding diaryl/α,β-unsaturated/α-hetero) is 2. The number of halogens is 4. The van der Waals surface area contributed by atoms with Crippen molar-refractivity contribution in [3.05, 3.63) is 164 Å². The van der Waals surface area contributed by atoms with Gasteiger partial charge in [-0.3, -0.25) is 33.9 Å². The number of aldehydes is 1. The Bertz CT molecular complexity index is 2630. The molecule has 0 bridgehead atoms. The highest BCUT2D eigenvalue weighted by Crippen LogP contribution is 2.43. The van der Waals surface area contributed by atoms with Gasteiger partial charge in [0.2, 0.25) is 0 Å². The molecule has 1 aliphatic heterocycles. The number of hydrogen-bond donors (Lipinski definition) is 1. The Balaban J connectivity index is 0.000000196. The Labute approximate surface area is 342 Å². The first-order chi connectivity index (χ1) is 29.1. The minimum Gasteiger partial charge on any atom is -0.465 e. The second kappa shape index (κ2) is 19.2. The summed E-state index contributed by atoms with van der Waals surface area (Å²) in [5.41, 5.74) is -0.744. The number of nitrogens with zero attached hydrogens (tertiary/aromatic N) is 7. The Morgan fingerprint density at radius 1 is 0.803 bits per heavy atom. The molecule has 2 aromatic heterocycles. The molecule has 0 saturated carbocycles. The van der Waals surface area contributed by atoms with Gasteiger partial charge in [0.1, 0.15) is 65.3 Å². The first-order valence-electron chi connectivity index (χ1n) is 17.5. The van der Waals surface area contributed by atoms with Crippen molar-refractivity contribution in [2.75, 3.05) is 19.5 Å². The molecule has 17 nitrogen and oxygen atoms in total. The van der Waals surface area contributed by atoms with Crippen molar-refractivity contribution in [1.29, 1.82) is 0 Å². The molecule has 1 aliphatic rings. The number of carbonyl (C=O) groups excluding carboxylic acids is 5. The largest absolute Gasteiger partial charge is 0.465 e. The number of methoxy groups -OCH3 is 2. The minimum absolute atomic E-state index is 0.0182. The van der Waals surface area contributed by atoms with E-state index in [2.05, 4.69) is 30.2 Å². The van der Waals surface area contributed by atoms with Gasteiger partial charge in [0.15, 0.2) is 11.6 Å². The van der Waals surface area contributed by atoms with Crippen LogP contribution < -0.4 is 5.32 Å². The lowest BCUT2D eigenvalue weighted by atomic mass is 9.80. The zero-order valence-electron chi connectivity index (χ0n) is 32.3. The number of rotatable bonds is 9. The average Bonchev–Trinajstić information content (AvgIpc) is 3.86. The smallest absolute Gasteiger partial charge is 0.338 e. The van der Waals surface area contributed by atoms with E-state index in [0.29, 0.717) is 29.3 Å². The summed E-state index contributed by atoms with van der Waals surface area (Å²) in [7, 11) is 5.35. The maximum absolute atomic E-state index is 14.2. The van der Waals surface area contributed by atoms with E-state index in [9.17, 15) is 51.6 Å². The van der Waals surface area contributed by atoms with Gasteiger partial charge in [-0.15, -0.1) is 0 Å². The number of anilines is 1. The number of aromatic nitrogens is 6. The maximum Gasteiger partial charge on any atom is 0.338 e. The van der Waals surface area contributed by atoms with Gasteiger partial charge < -0.3 is 14.8 Å². The molecule has 2 unspecified atom stereocenters. The molecule has 2 atom stereocenters. The number of nitro benzene ring substituents is 1. The van der Waals surface area contributed by atoms with E-state index < -0.39 is 74.7 Å². The molecule has 0 saturated heterocycles. The molecule has 0 aliphatic carbocycles. The molecule has 61 heavy (non-hydrogen) atoms. The highest BCUT2D eigenvalue weighted by Gasteiger charge is 2.42. The normalized spacial score (nSPS) is 13.9. The lowest BCUT2D eigenvalue weighted by Crippen LogP contribution is -2.35. The van der Waals surface area contributed by atoms with E-state index in [4.69, 9.17) is 4.74 Å². The Morgan fingerprint density at radius 3 is 1.90 bits per heavy atom. The predicted octanol–water partition coefficient (Wildman–Crippen LogP) is 5.73. The van der Waals surface area contributed by atoms with Crippen LogP contribution in [0.5, 0.6) is 0 Å². The van der Waals surface area contributed by atoms with E-state index >= 15 is 0 Å².